The van der Waals surface area contributed by atoms with Crippen molar-refractivity contribution in [1.29, 1.82) is 0 Å². The lowest BCUT2D eigenvalue weighted by molar-refractivity contribution is -0.149. The van der Waals surface area contributed by atoms with E-state index in [0.717, 1.165) is 19.3 Å². The maximum atomic E-state index is 12.4. The van der Waals surface area contributed by atoms with E-state index < -0.39 is 17.6 Å². The minimum atomic E-state index is -0.728. The average molecular weight is 645 g/mol. The number of aromatic nitrogens is 4. The first kappa shape index (κ1) is 39.0. The lowest BCUT2D eigenvalue weighted by atomic mass is 10.1. The van der Waals surface area contributed by atoms with E-state index in [4.69, 9.17) is 20.9 Å². The highest BCUT2D eigenvalue weighted by molar-refractivity contribution is 5.75. The van der Waals surface area contributed by atoms with Gasteiger partial charge in [-0.2, -0.15) is 4.98 Å². The number of carbonyl (C=O) groups is 2. The molecule has 0 aliphatic carbocycles. The number of carbonyl (C=O) groups excluding carboxylic acids is 2. The zero-order valence-electron chi connectivity index (χ0n) is 28.6. The number of hydrogen-bond acceptors (Lipinski definition) is 9. The molecule has 0 aliphatic heterocycles. The molecule has 0 radical (unpaired) electrons. The Morgan fingerprint density at radius 1 is 0.935 bits per heavy atom. The number of nitrogens with two attached hydrogens (primary N) is 2. The van der Waals surface area contributed by atoms with Crippen LogP contribution in [0.2, 0.25) is 0 Å². The van der Waals surface area contributed by atoms with E-state index in [1.54, 1.807) is 4.57 Å². The second-order valence-corrected chi connectivity index (χ2v) is 12.8. The van der Waals surface area contributed by atoms with Crippen molar-refractivity contribution in [1.82, 2.24) is 19.5 Å². The van der Waals surface area contributed by atoms with Crippen LogP contribution in [0.1, 0.15) is 130 Å². The van der Waals surface area contributed by atoms with Gasteiger partial charge < -0.3 is 25.5 Å². The first-order valence-electron chi connectivity index (χ1n) is 17.7. The maximum Gasteiger partial charge on any atom is 0.323 e. The standard InChI is InChI=1S/C35H60N6O5/c1-4-5-6-7-8-9-10-11-12-13-14-15-16-17-18-19-20-21-29(42)45-23-22-28(25-46-34(44)30(36)27(2)3)24-41-26-38-31-32(41)39-35(37)40-33(31)43/h11-12,26-28,30H,4-10,13-25,36H2,1-3H3,(H3,37,39,40,43)/t28-,30+/m1/s1. The average Bonchev–Trinajstić information content (AvgIpc) is 3.43. The van der Waals surface area contributed by atoms with E-state index in [-0.39, 0.29) is 42.5 Å². The maximum absolute atomic E-state index is 12.4. The summed E-state index contributed by atoms with van der Waals surface area (Å²) in [7, 11) is 0. The van der Waals surface area contributed by atoms with Crippen LogP contribution in [0.15, 0.2) is 23.3 Å². The summed E-state index contributed by atoms with van der Waals surface area (Å²) in [6.45, 7) is 6.56. The van der Waals surface area contributed by atoms with Gasteiger partial charge in [0.1, 0.15) is 6.04 Å². The van der Waals surface area contributed by atoms with Gasteiger partial charge in [0, 0.05) is 18.9 Å². The van der Waals surface area contributed by atoms with Crippen LogP contribution in [0, 0.1) is 11.8 Å². The van der Waals surface area contributed by atoms with Crippen LogP contribution in [0.4, 0.5) is 5.95 Å². The molecule has 11 nitrogen and oxygen atoms in total. The second kappa shape index (κ2) is 23.2. The Morgan fingerprint density at radius 2 is 1.54 bits per heavy atom. The topological polar surface area (TPSA) is 168 Å². The molecule has 0 aromatic carbocycles. The molecule has 0 aliphatic rings. The number of imidazole rings is 1. The van der Waals surface area contributed by atoms with Crippen molar-refractivity contribution in [2.24, 2.45) is 17.6 Å². The number of nitrogens with zero attached hydrogens (tertiary/aromatic N) is 3. The summed E-state index contributed by atoms with van der Waals surface area (Å²) in [5.74, 6) is -1.01. The highest BCUT2D eigenvalue weighted by atomic mass is 16.5. The minimum absolute atomic E-state index is 0.0131. The van der Waals surface area contributed by atoms with Gasteiger partial charge in [-0.05, 0) is 44.4 Å². The molecule has 0 fully saturated rings. The summed E-state index contributed by atoms with van der Waals surface area (Å²) < 4.78 is 12.7. The van der Waals surface area contributed by atoms with Crippen molar-refractivity contribution in [2.75, 3.05) is 18.9 Å². The number of H-pyrrole nitrogens is 1. The van der Waals surface area contributed by atoms with Crippen molar-refractivity contribution in [2.45, 2.75) is 143 Å². The summed E-state index contributed by atoms with van der Waals surface area (Å²) >= 11 is 0. The molecule has 0 unspecified atom stereocenters. The van der Waals surface area contributed by atoms with E-state index in [1.807, 2.05) is 13.8 Å². The Balaban J connectivity index is 1.63. The van der Waals surface area contributed by atoms with Crippen molar-refractivity contribution in [3.63, 3.8) is 0 Å². The molecule has 0 spiro atoms. The molecule has 0 amide bonds. The molecule has 0 bridgehead atoms. The Hall–Kier alpha value is -3.21. The number of ether oxygens (including phenoxy) is 2. The normalized spacial score (nSPS) is 13.1. The van der Waals surface area contributed by atoms with E-state index in [0.29, 0.717) is 25.0 Å². The van der Waals surface area contributed by atoms with E-state index >= 15 is 0 Å². The second-order valence-electron chi connectivity index (χ2n) is 12.8. The summed E-state index contributed by atoms with van der Waals surface area (Å²) in [5, 5.41) is 0. The summed E-state index contributed by atoms with van der Waals surface area (Å²) in [4.78, 5) is 47.7. The molecule has 11 heteroatoms. The van der Waals surface area contributed by atoms with Crippen molar-refractivity contribution < 1.29 is 19.1 Å². The largest absolute Gasteiger partial charge is 0.466 e. The van der Waals surface area contributed by atoms with Crippen LogP contribution < -0.4 is 17.0 Å². The summed E-state index contributed by atoms with van der Waals surface area (Å²) in [6, 6.07) is -0.728. The number of hydrogen-bond donors (Lipinski definition) is 3. The molecule has 2 heterocycles. The molecule has 2 atom stereocenters. The number of fused-ring (bicyclic) bond motifs is 1. The third kappa shape index (κ3) is 15.9. The number of rotatable bonds is 26. The molecule has 2 aromatic rings. The smallest absolute Gasteiger partial charge is 0.323 e. The third-order valence-corrected chi connectivity index (χ3v) is 8.33. The zero-order chi connectivity index (χ0) is 33.6. The molecule has 5 N–H and O–H groups in total. The highest BCUT2D eigenvalue weighted by Gasteiger charge is 2.22. The predicted octanol–water partition coefficient (Wildman–Crippen LogP) is 6.60. The van der Waals surface area contributed by atoms with Crippen LogP contribution in [0.5, 0.6) is 0 Å². The summed E-state index contributed by atoms with van der Waals surface area (Å²) in [5.41, 5.74) is 11.7. The van der Waals surface area contributed by atoms with Crippen LogP contribution in [-0.4, -0.2) is 50.7 Å². The van der Waals surface area contributed by atoms with Gasteiger partial charge in [-0.25, -0.2) is 4.98 Å². The highest BCUT2D eigenvalue weighted by Crippen LogP contribution is 2.16. The Kier molecular flexibility index (Phi) is 19.6. The first-order chi connectivity index (χ1) is 22.2. The van der Waals surface area contributed by atoms with Gasteiger partial charge >= 0.3 is 11.9 Å². The molecule has 46 heavy (non-hydrogen) atoms. The third-order valence-electron chi connectivity index (χ3n) is 8.33. The Bertz CT molecular complexity index is 1220. The van der Waals surface area contributed by atoms with Gasteiger partial charge in [-0.15, -0.1) is 0 Å². The van der Waals surface area contributed by atoms with Gasteiger partial charge in [-0.1, -0.05) is 97.1 Å². The fourth-order valence-corrected chi connectivity index (χ4v) is 5.28. The van der Waals surface area contributed by atoms with Gasteiger partial charge in [0.2, 0.25) is 5.95 Å². The molecular weight excluding hydrogens is 584 g/mol. The monoisotopic (exact) mass is 644 g/mol. The van der Waals surface area contributed by atoms with Crippen LogP contribution in [-0.2, 0) is 25.6 Å². The van der Waals surface area contributed by atoms with Crippen molar-refractivity contribution >= 4 is 29.1 Å². The van der Waals surface area contributed by atoms with E-state index in [9.17, 15) is 14.4 Å². The molecule has 0 saturated heterocycles. The number of aromatic amines is 1. The van der Waals surface area contributed by atoms with Crippen LogP contribution >= 0.6 is 0 Å². The zero-order valence-corrected chi connectivity index (χ0v) is 28.6. The number of unbranched alkanes of at least 4 members (excludes halogenated alkanes) is 13. The van der Waals surface area contributed by atoms with Crippen molar-refractivity contribution in [3.8, 4) is 0 Å². The first-order valence-corrected chi connectivity index (χ1v) is 17.7. The number of nitrogen functional groups attached to an aromatic ring is 1. The van der Waals surface area contributed by atoms with Crippen LogP contribution in [0.3, 0.4) is 0 Å². The van der Waals surface area contributed by atoms with Gasteiger partial charge in [0.25, 0.3) is 5.56 Å². The SMILES string of the molecule is CCCCCCCCC=CCCCCCCCCCC(=O)OCC[C@@H](COC(=O)[C@@H](N)C(C)C)Cn1cnc2c(=O)[nH]c(N)nc21. The number of esters is 2. The fourth-order valence-electron chi connectivity index (χ4n) is 5.28. The molecular formula is C35H60N6O5. The lowest BCUT2D eigenvalue weighted by Crippen LogP contribution is -2.38. The summed E-state index contributed by atoms with van der Waals surface area (Å²) in [6.07, 6.45) is 25.5. The predicted molar refractivity (Wildman–Crippen MR) is 184 cm³/mol. The Morgan fingerprint density at radius 3 is 2.17 bits per heavy atom. The number of allylic oxidation sites excluding steroid dienone is 2. The van der Waals surface area contributed by atoms with E-state index in [1.165, 1.54) is 83.4 Å². The minimum Gasteiger partial charge on any atom is -0.466 e. The van der Waals surface area contributed by atoms with Gasteiger partial charge in [-0.3, -0.25) is 19.4 Å². The quantitative estimate of drug-likeness (QED) is 0.0581. The molecule has 2 rings (SSSR count). The molecule has 0 saturated carbocycles. The van der Waals surface area contributed by atoms with Crippen LogP contribution in [0.25, 0.3) is 11.2 Å². The number of anilines is 1. The molecule has 2 aromatic heterocycles. The number of nitrogens with one attached hydrogen (secondary N) is 1. The Labute approximate surface area is 275 Å². The fraction of sp³-hybridized carbons (Fsp3) is 0.743. The van der Waals surface area contributed by atoms with Gasteiger partial charge in [0.15, 0.2) is 11.2 Å². The lowest BCUT2D eigenvalue weighted by Gasteiger charge is -2.20. The van der Waals surface area contributed by atoms with E-state index in [2.05, 4.69) is 34.0 Å². The molecule has 260 valence electrons. The van der Waals surface area contributed by atoms with Gasteiger partial charge in [0.05, 0.1) is 19.5 Å². The van der Waals surface area contributed by atoms with Crippen molar-refractivity contribution in [3.05, 3.63) is 28.8 Å².